The minimum absolute atomic E-state index is 0.0330. The fourth-order valence-electron chi connectivity index (χ4n) is 1.56. The number of ketones is 1. The van der Waals surface area contributed by atoms with Gasteiger partial charge in [0.2, 0.25) is 0 Å². The van der Waals surface area contributed by atoms with Gasteiger partial charge in [-0.15, -0.1) is 0 Å². The zero-order chi connectivity index (χ0) is 12.5. The first-order valence-electron chi connectivity index (χ1n) is 6.24. The lowest BCUT2D eigenvalue weighted by atomic mass is 10.3. The zero-order valence-corrected chi connectivity index (χ0v) is 10.6. The monoisotopic (exact) mass is 246 g/mol. The lowest BCUT2D eigenvalue weighted by molar-refractivity contribution is -0.165. The average molecular weight is 246 g/mol. The maximum atomic E-state index is 11.5. The first kappa shape index (κ1) is 14.6. The molecule has 0 spiro atoms. The molecular formula is C12H22O5. The highest BCUT2D eigenvalue weighted by molar-refractivity contribution is 5.80. The molecule has 1 fully saturated rings. The number of carbonyl (C=O) groups excluding carboxylic acids is 1. The van der Waals surface area contributed by atoms with Gasteiger partial charge in [0.1, 0.15) is 13.2 Å². The van der Waals surface area contributed by atoms with Gasteiger partial charge < -0.3 is 18.9 Å². The molecule has 1 heterocycles. The van der Waals surface area contributed by atoms with E-state index >= 15 is 0 Å². The molecule has 2 unspecified atom stereocenters. The van der Waals surface area contributed by atoms with E-state index in [1.165, 1.54) is 0 Å². The van der Waals surface area contributed by atoms with Crippen LogP contribution in [0.3, 0.4) is 0 Å². The largest absolute Gasteiger partial charge is 0.353 e. The topological polar surface area (TPSA) is 54.0 Å². The quantitative estimate of drug-likeness (QED) is 0.577. The number of Topliss-reactive ketones (excluding diaryl/α,β-unsaturated/α-hetero) is 1. The highest BCUT2D eigenvalue weighted by Gasteiger charge is 2.17. The fraction of sp³-hybridized carbons (Fsp3) is 0.917. The summed E-state index contributed by atoms with van der Waals surface area (Å²) in [5.74, 6) is -0.0846. The molecular weight excluding hydrogens is 224 g/mol. The molecule has 1 aliphatic heterocycles. The number of carbonyl (C=O) groups is 1. The van der Waals surface area contributed by atoms with E-state index in [2.05, 4.69) is 0 Å². The van der Waals surface area contributed by atoms with Crippen molar-refractivity contribution >= 4 is 5.78 Å². The summed E-state index contributed by atoms with van der Waals surface area (Å²) in [5.41, 5.74) is 0. The van der Waals surface area contributed by atoms with Gasteiger partial charge in [-0.3, -0.25) is 4.79 Å². The van der Waals surface area contributed by atoms with E-state index in [4.69, 9.17) is 18.9 Å². The predicted octanol–water partition coefficient (Wildman–Crippen LogP) is 1.50. The molecule has 0 N–H and O–H groups in total. The predicted molar refractivity (Wildman–Crippen MR) is 61.6 cm³/mol. The van der Waals surface area contributed by atoms with Crippen molar-refractivity contribution in [3.63, 3.8) is 0 Å². The van der Waals surface area contributed by atoms with Crippen LogP contribution in [0.4, 0.5) is 0 Å². The third-order valence-corrected chi connectivity index (χ3v) is 2.43. The normalized spacial score (nSPS) is 21.6. The van der Waals surface area contributed by atoms with Gasteiger partial charge >= 0.3 is 0 Å². The third-order valence-electron chi connectivity index (χ3n) is 2.43. The number of hydrogen-bond acceptors (Lipinski definition) is 5. The standard InChI is InChI=1S/C12H22O5/c1-3-11(14-4-2)16-8-10(13)9-17-12-6-5-7-15-12/h11-12H,3-9H2,1-2H3. The number of ether oxygens (including phenoxy) is 4. The van der Waals surface area contributed by atoms with Gasteiger partial charge in [0, 0.05) is 19.6 Å². The Labute approximate surface area is 102 Å². The van der Waals surface area contributed by atoms with Crippen LogP contribution < -0.4 is 0 Å². The summed E-state index contributed by atoms with van der Waals surface area (Å²) in [5, 5.41) is 0. The summed E-state index contributed by atoms with van der Waals surface area (Å²) in [6.45, 7) is 5.23. The molecule has 100 valence electrons. The van der Waals surface area contributed by atoms with E-state index in [1.54, 1.807) is 0 Å². The van der Waals surface area contributed by atoms with Crippen LogP contribution >= 0.6 is 0 Å². The maximum Gasteiger partial charge on any atom is 0.184 e. The molecule has 0 aromatic carbocycles. The molecule has 0 aromatic heterocycles. The van der Waals surface area contributed by atoms with Gasteiger partial charge in [0.05, 0.1) is 0 Å². The van der Waals surface area contributed by atoms with Crippen molar-refractivity contribution in [1.29, 1.82) is 0 Å². The van der Waals surface area contributed by atoms with Crippen molar-refractivity contribution in [3.8, 4) is 0 Å². The lowest BCUT2D eigenvalue weighted by Crippen LogP contribution is -2.25. The van der Waals surface area contributed by atoms with E-state index in [-0.39, 0.29) is 31.6 Å². The average Bonchev–Trinajstić information content (AvgIpc) is 2.85. The van der Waals surface area contributed by atoms with Crippen molar-refractivity contribution in [2.75, 3.05) is 26.4 Å². The van der Waals surface area contributed by atoms with Crippen LogP contribution in [0.1, 0.15) is 33.1 Å². The Morgan fingerprint density at radius 2 is 2.18 bits per heavy atom. The highest BCUT2D eigenvalue weighted by Crippen LogP contribution is 2.12. The second-order valence-electron chi connectivity index (χ2n) is 3.90. The van der Waals surface area contributed by atoms with Crippen molar-refractivity contribution in [2.24, 2.45) is 0 Å². The second-order valence-corrected chi connectivity index (χ2v) is 3.90. The molecule has 1 rings (SSSR count). The van der Waals surface area contributed by atoms with Crippen molar-refractivity contribution in [3.05, 3.63) is 0 Å². The SMILES string of the molecule is CCOC(CC)OCC(=O)COC1CCCO1. The van der Waals surface area contributed by atoms with Crippen LogP contribution in [0.15, 0.2) is 0 Å². The first-order valence-corrected chi connectivity index (χ1v) is 6.24. The van der Waals surface area contributed by atoms with Crippen LogP contribution in [0.5, 0.6) is 0 Å². The molecule has 17 heavy (non-hydrogen) atoms. The van der Waals surface area contributed by atoms with E-state index < -0.39 is 0 Å². The van der Waals surface area contributed by atoms with Crippen molar-refractivity contribution < 1.29 is 23.7 Å². The molecule has 0 aromatic rings. The Balaban J connectivity index is 2.07. The minimum Gasteiger partial charge on any atom is -0.353 e. The Hall–Kier alpha value is -0.490. The second kappa shape index (κ2) is 8.58. The summed E-state index contributed by atoms with van der Waals surface area (Å²) >= 11 is 0. The Kier molecular flexibility index (Phi) is 7.35. The van der Waals surface area contributed by atoms with Crippen LogP contribution in [0.2, 0.25) is 0 Å². The molecule has 0 radical (unpaired) electrons. The lowest BCUT2D eigenvalue weighted by Gasteiger charge is -2.15. The fourth-order valence-corrected chi connectivity index (χ4v) is 1.56. The van der Waals surface area contributed by atoms with Gasteiger partial charge in [0.25, 0.3) is 0 Å². The molecule has 0 amide bonds. The molecule has 1 saturated heterocycles. The zero-order valence-electron chi connectivity index (χ0n) is 10.6. The van der Waals surface area contributed by atoms with Crippen molar-refractivity contribution in [1.82, 2.24) is 0 Å². The summed E-state index contributed by atoms with van der Waals surface area (Å²) in [7, 11) is 0. The summed E-state index contributed by atoms with van der Waals surface area (Å²) in [6.07, 6.45) is 2.08. The van der Waals surface area contributed by atoms with Gasteiger partial charge in [-0.05, 0) is 19.8 Å². The number of hydrogen-bond donors (Lipinski definition) is 0. The molecule has 2 atom stereocenters. The maximum absolute atomic E-state index is 11.5. The van der Waals surface area contributed by atoms with E-state index in [0.29, 0.717) is 6.61 Å². The number of rotatable bonds is 9. The van der Waals surface area contributed by atoms with Gasteiger partial charge in [-0.2, -0.15) is 0 Å². The molecule has 5 nitrogen and oxygen atoms in total. The molecule has 1 aliphatic rings. The highest BCUT2D eigenvalue weighted by atomic mass is 16.7. The van der Waals surface area contributed by atoms with Crippen LogP contribution in [0, 0.1) is 0 Å². The van der Waals surface area contributed by atoms with Crippen LogP contribution in [-0.2, 0) is 23.7 Å². The van der Waals surface area contributed by atoms with Gasteiger partial charge in [-0.1, -0.05) is 6.92 Å². The third kappa shape index (κ3) is 6.12. The summed E-state index contributed by atoms with van der Waals surface area (Å²) in [4.78, 5) is 11.5. The summed E-state index contributed by atoms with van der Waals surface area (Å²) < 4.78 is 21.1. The minimum atomic E-state index is -0.299. The Bertz CT molecular complexity index is 213. The van der Waals surface area contributed by atoms with Crippen molar-refractivity contribution in [2.45, 2.75) is 45.7 Å². The Morgan fingerprint density at radius 3 is 2.76 bits per heavy atom. The summed E-state index contributed by atoms with van der Waals surface area (Å²) in [6, 6.07) is 0. The molecule has 5 heteroatoms. The van der Waals surface area contributed by atoms with Crippen LogP contribution in [-0.4, -0.2) is 44.8 Å². The first-order chi connectivity index (χ1) is 8.26. The van der Waals surface area contributed by atoms with E-state index in [1.807, 2.05) is 13.8 Å². The molecule has 0 bridgehead atoms. The van der Waals surface area contributed by atoms with E-state index in [0.717, 1.165) is 25.9 Å². The smallest absolute Gasteiger partial charge is 0.184 e. The molecule has 0 saturated carbocycles. The van der Waals surface area contributed by atoms with Crippen LogP contribution in [0.25, 0.3) is 0 Å². The van der Waals surface area contributed by atoms with Gasteiger partial charge in [0.15, 0.2) is 18.4 Å². The molecule has 0 aliphatic carbocycles. The van der Waals surface area contributed by atoms with Gasteiger partial charge in [-0.25, -0.2) is 0 Å². The van der Waals surface area contributed by atoms with E-state index in [9.17, 15) is 4.79 Å². The Morgan fingerprint density at radius 1 is 1.35 bits per heavy atom.